The monoisotopic (exact) mass is 470 g/mol. The van der Waals surface area contributed by atoms with Gasteiger partial charge in [0.25, 0.3) is 5.91 Å². The molecule has 1 aromatic carbocycles. The Balaban J connectivity index is 1.29. The number of amides is 1. The van der Waals surface area contributed by atoms with E-state index in [0.717, 1.165) is 59.4 Å². The summed E-state index contributed by atoms with van der Waals surface area (Å²) in [4.78, 5) is 23.3. The van der Waals surface area contributed by atoms with Gasteiger partial charge in [-0.1, -0.05) is 26.0 Å². The molecule has 182 valence electrons. The van der Waals surface area contributed by atoms with Crippen LogP contribution in [-0.4, -0.2) is 43.6 Å². The Morgan fingerprint density at radius 3 is 2.77 bits per heavy atom. The Morgan fingerprint density at radius 2 is 2.03 bits per heavy atom. The van der Waals surface area contributed by atoms with E-state index < -0.39 is 0 Å². The molecule has 2 aliphatic heterocycles. The molecule has 7 nitrogen and oxygen atoms in total. The molecule has 2 fully saturated rings. The van der Waals surface area contributed by atoms with E-state index in [1.54, 1.807) is 6.33 Å². The molecule has 0 bridgehead atoms. The number of nitrogens with zero attached hydrogens (tertiary/aromatic N) is 6. The summed E-state index contributed by atoms with van der Waals surface area (Å²) in [7, 11) is 1.96. The summed E-state index contributed by atoms with van der Waals surface area (Å²) in [5, 5.41) is 8.32. The average molecular weight is 471 g/mol. The summed E-state index contributed by atoms with van der Waals surface area (Å²) in [6.07, 6.45) is 6.65. The summed E-state index contributed by atoms with van der Waals surface area (Å²) < 4.78 is 1.95. The van der Waals surface area contributed by atoms with E-state index in [9.17, 15) is 4.79 Å². The summed E-state index contributed by atoms with van der Waals surface area (Å²) in [5.74, 6) is 2.34. The lowest BCUT2D eigenvalue weighted by molar-refractivity contribution is 0.0996. The van der Waals surface area contributed by atoms with E-state index in [1.165, 1.54) is 31.4 Å². The fourth-order valence-electron chi connectivity index (χ4n) is 5.82. The van der Waals surface area contributed by atoms with Gasteiger partial charge in [-0.3, -0.25) is 14.7 Å². The molecule has 0 N–H and O–H groups in total. The molecule has 1 amide bonds. The van der Waals surface area contributed by atoms with Crippen LogP contribution in [0.3, 0.4) is 0 Å². The third kappa shape index (κ3) is 4.27. The number of piperidine rings is 1. The van der Waals surface area contributed by atoms with E-state index in [4.69, 9.17) is 4.98 Å². The third-order valence-corrected chi connectivity index (χ3v) is 7.91. The van der Waals surface area contributed by atoms with Gasteiger partial charge >= 0.3 is 0 Å². The molecule has 35 heavy (non-hydrogen) atoms. The van der Waals surface area contributed by atoms with Crippen molar-refractivity contribution in [2.75, 3.05) is 18.0 Å². The lowest BCUT2D eigenvalue weighted by Gasteiger charge is -2.30. The number of benzene rings is 1. The van der Waals surface area contributed by atoms with Gasteiger partial charge in [0, 0.05) is 54.5 Å². The smallest absolute Gasteiger partial charge is 0.259 e. The quantitative estimate of drug-likeness (QED) is 0.525. The number of likely N-dealkylation sites (tertiary alicyclic amines) is 1. The molecule has 0 radical (unpaired) electrons. The van der Waals surface area contributed by atoms with Crippen molar-refractivity contribution < 1.29 is 4.79 Å². The first kappa shape index (κ1) is 22.4. The number of fused-ring (bicyclic) bond motifs is 1. The molecular weight excluding hydrogens is 436 g/mol. The van der Waals surface area contributed by atoms with Crippen molar-refractivity contribution in [2.24, 2.45) is 13.0 Å². The van der Waals surface area contributed by atoms with Crippen molar-refractivity contribution in [3.63, 3.8) is 0 Å². The molecule has 7 heteroatoms. The second-order valence-corrected chi connectivity index (χ2v) is 10.8. The topological polar surface area (TPSA) is 67.2 Å². The van der Waals surface area contributed by atoms with E-state index in [2.05, 4.69) is 47.1 Å². The van der Waals surface area contributed by atoms with Crippen molar-refractivity contribution in [3.8, 4) is 0 Å². The van der Waals surface area contributed by atoms with Crippen molar-refractivity contribution in [2.45, 2.75) is 64.5 Å². The Bertz CT molecular complexity index is 1260. The molecule has 3 aliphatic rings. The first-order valence-corrected chi connectivity index (χ1v) is 13.0. The molecule has 0 spiro atoms. The van der Waals surface area contributed by atoms with Gasteiger partial charge in [0.1, 0.15) is 12.2 Å². The zero-order valence-corrected chi connectivity index (χ0v) is 20.9. The minimum atomic E-state index is 0.0877. The highest BCUT2D eigenvalue weighted by molar-refractivity contribution is 6.10. The van der Waals surface area contributed by atoms with Gasteiger partial charge < -0.3 is 9.47 Å². The maximum Gasteiger partial charge on any atom is 0.259 e. The number of aromatic nitrogens is 4. The number of hydrogen-bond donors (Lipinski definition) is 0. The number of carbonyl (C=O) groups excluding carboxylic acids is 1. The fourth-order valence-corrected chi connectivity index (χ4v) is 5.82. The van der Waals surface area contributed by atoms with Gasteiger partial charge in [0.2, 0.25) is 0 Å². The van der Waals surface area contributed by atoms with Gasteiger partial charge in [-0.25, -0.2) is 0 Å². The van der Waals surface area contributed by atoms with Crippen LogP contribution in [0, 0.1) is 5.92 Å². The molecular formula is C28H34N6O. The van der Waals surface area contributed by atoms with Gasteiger partial charge in [0.05, 0.1) is 12.2 Å². The molecule has 4 heterocycles. The first-order valence-electron chi connectivity index (χ1n) is 13.0. The first-order chi connectivity index (χ1) is 17.0. The maximum absolute atomic E-state index is 13.7. The molecule has 1 aliphatic carbocycles. The second kappa shape index (κ2) is 8.86. The number of aryl methyl sites for hydroxylation is 1. The number of carbonyl (C=O) groups is 1. The third-order valence-electron chi connectivity index (χ3n) is 7.91. The van der Waals surface area contributed by atoms with E-state index >= 15 is 0 Å². The van der Waals surface area contributed by atoms with Crippen LogP contribution in [0.15, 0.2) is 36.7 Å². The van der Waals surface area contributed by atoms with Crippen LogP contribution in [0.5, 0.6) is 0 Å². The van der Waals surface area contributed by atoms with Crippen LogP contribution in [0.4, 0.5) is 5.69 Å². The van der Waals surface area contributed by atoms with Crippen LogP contribution in [0.1, 0.15) is 90.1 Å². The standard InChI is InChI=1S/C28H34N6O/c1-18-6-5-11-33(14-18)15-22-13-24-25(26(30-22)20-9-10-20)16-34(28(24)35)23-8-4-7-21(12-23)19(2)27-31-29-17-32(27)3/h4,7-8,12-13,17-20H,5-6,9-11,14-16H2,1-3H3/t18-,19-/m0/s1. The van der Waals surface area contributed by atoms with Crippen LogP contribution < -0.4 is 4.90 Å². The number of rotatable bonds is 6. The number of hydrogen-bond acceptors (Lipinski definition) is 5. The minimum absolute atomic E-state index is 0.0877. The van der Waals surface area contributed by atoms with Crippen molar-refractivity contribution >= 4 is 11.6 Å². The summed E-state index contributed by atoms with van der Waals surface area (Å²) >= 11 is 0. The molecule has 3 aromatic rings. The van der Waals surface area contributed by atoms with Crippen LogP contribution in [0.25, 0.3) is 0 Å². The SMILES string of the molecule is C[C@H]1CCCN(Cc2cc3c(c(C4CC4)n2)CN(c2cccc([C@H](C)c4nncn4C)c2)C3=O)C1. The molecule has 0 unspecified atom stereocenters. The largest absolute Gasteiger partial charge is 0.320 e. The van der Waals surface area contributed by atoms with Crippen molar-refractivity contribution in [1.82, 2.24) is 24.6 Å². The second-order valence-electron chi connectivity index (χ2n) is 10.8. The van der Waals surface area contributed by atoms with Gasteiger partial charge in [-0.05, 0) is 61.9 Å². The van der Waals surface area contributed by atoms with E-state index in [1.807, 2.05) is 28.6 Å². The highest BCUT2D eigenvalue weighted by Gasteiger charge is 2.37. The van der Waals surface area contributed by atoms with Gasteiger partial charge in [-0.2, -0.15) is 0 Å². The Labute approximate surface area is 207 Å². The Morgan fingerprint density at radius 1 is 1.17 bits per heavy atom. The number of pyridine rings is 1. The van der Waals surface area contributed by atoms with Crippen LogP contribution in [0.2, 0.25) is 0 Å². The normalized spacial score (nSPS) is 21.4. The average Bonchev–Trinajstić information content (AvgIpc) is 3.53. The van der Waals surface area contributed by atoms with Crippen LogP contribution in [-0.2, 0) is 20.1 Å². The lowest BCUT2D eigenvalue weighted by Crippen LogP contribution is -2.34. The Kier molecular flexibility index (Phi) is 5.67. The predicted molar refractivity (Wildman–Crippen MR) is 135 cm³/mol. The minimum Gasteiger partial charge on any atom is -0.320 e. The zero-order chi connectivity index (χ0) is 24.1. The van der Waals surface area contributed by atoms with Crippen LogP contribution >= 0.6 is 0 Å². The molecule has 1 saturated heterocycles. The maximum atomic E-state index is 13.7. The molecule has 2 aromatic heterocycles. The lowest BCUT2D eigenvalue weighted by atomic mass is 9.99. The predicted octanol–water partition coefficient (Wildman–Crippen LogP) is 4.63. The molecule has 1 saturated carbocycles. The summed E-state index contributed by atoms with van der Waals surface area (Å²) in [6, 6.07) is 10.4. The molecule has 2 atom stereocenters. The number of anilines is 1. The zero-order valence-electron chi connectivity index (χ0n) is 20.9. The Hall–Kier alpha value is -3.06. The highest BCUT2D eigenvalue weighted by Crippen LogP contribution is 2.44. The van der Waals surface area contributed by atoms with Gasteiger partial charge in [-0.15, -0.1) is 10.2 Å². The van der Waals surface area contributed by atoms with E-state index in [0.29, 0.717) is 12.5 Å². The van der Waals surface area contributed by atoms with E-state index in [-0.39, 0.29) is 11.8 Å². The highest BCUT2D eigenvalue weighted by atomic mass is 16.2. The fraction of sp³-hybridized carbons (Fsp3) is 0.500. The van der Waals surface area contributed by atoms with Crippen molar-refractivity contribution in [3.05, 3.63) is 70.6 Å². The molecule has 6 rings (SSSR count). The van der Waals surface area contributed by atoms with Crippen molar-refractivity contribution in [1.29, 1.82) is 0 Å². The summed E-state index contributed by atoms with van der Waals surface area (Å²) in [6.45, 7) is 8.16. The summed E-state index contributed by atoms with van der Waals surface area (Å²) in [5.41, 5.74) is 6.28. The van der Waals surface area contributed by atoms with Gasteiger partial charge in [0.15, 0.2) is 0 Å².